The van der Waals surface area contributed by atoms with Gasteiger partial charge < -0.3 is 25.2 Å². The van der Waals surface area contributed by atoms with E-state index in [0.29, 0.717) is 17.3 Å². The molecule has 2 aromatic carbocycles. The molecule has 2 aromatic heterocycles. The van der Waals surface area contributed by atoms with Crippen LogP contribution in [0.4, 0.5) is 5.69 Å². The second-order valence-electron chi connectivity index (χ2n) is 9.97. The molecule has 1 fully saturated rings. The van der Waals surface area contributed by atoms with Crippen LogP contribution in [0.5, 0.6) is 0 Å². The molecule has 0 saturated carbocycles. The number of para-hydroxylation sites is 1. The van der Waals surface area contributed by atoms with Gasteiger partial charge in [0, 0.05) is 36.2 Å². The van der Waals surface area contributed by atoms with Crippen LogP contribution in [0.2, 0.25) is 0 Å². The number of nitrogens with one attached hydrogen (secondary N) is 2. The summed E-state index contributed by atoms with van der Waals surface area (Å²) in [5.74, 6) is -1.09. The molecule has 8 nitrogen and oxygen atoms in total. The largest absolute Gasteiger partial charge is 0.478 e. The molecule has 204 valence electrons. The van der Waals surface area contributed by atoms with E-state index in [1.165, 1.54) is 0 Å². The van der Waals surface area contributed by atoms with Crippen LogP contribution < -0.4 is 10.6 Å². The third kappa shape index (κ3) is 5.33. The Hall–Kier alpha value is -4.50. The van der Waals surface area contributed by atoms with E-state index in [1.807, 2.05) is 84.8 Å². The highest BCUT2D eigenvalue weighted by Crippen LogP contribution is 2.41. The molecule has 4 aromatic rings. The van der Waals surface area contributed by atoms with Crippen molar-refractivity contribution in [2.45, 2.75) is 39.3 Å². The number of carboxylic acids is 1. The summed E-state index contributed by atoms with van der Waals surface area (Å²) in [5.41, 5.74) is 6.27. The van der Waals surface area contributed by atoms with Crippen LogP contribution in [0.3, 0.4) is 0 Å². The minimum atomic E-state index is -0.985. The second-order valence-corrected chi connectivity index (χ2v) is 10.4. The molecule has 2 atom stereocenters. The standard InChI is InChI=1S/C31H31N5O3S/c1-19-9-8-10-22(17-19)33-27(37)14-16-35-29(28(34-31(35)40)25-12-6-7-15-32-25)24-18-20(2)36(21(24)3)26-13-5-4-11-23(26)30(38)39/h4-13,15,17-18,28-29H,14,16H2,1-3H3,(H,33,37)(H,34,40)(H,38,39)/t28-,29+/m0/s1. The van der Waals surface area contributed by atoms with Crippen molar-refractivity contribution in [2.24, 2.45) is 0 Å². The van der Waals surface area contributed by atoms with Gasteiger partial charge >= 0.3 is 5.97 Å². The minimum absolute atomic E-state index is 0.103. The smallest absolute Gasteiger partial charge is 0.337 e. The number of hydrogen-bond donors (Lipinski definition) is 3. The molecule has 0 spiro atoms. The first kappa shape index (κ1) is 27.1. The predicted molar refractivity (Wildman–Crippen MR) is 159 cm³/mol. The third-order valence-electron chi connectivity index (χ3n) is 7.24. The zero-order chi connectivity index (χ0) is 28.4. The normalized spacial score (nSPS) is 16.6. The molecule has 0 aliphatic carbocycles. The quantitative estimate of drug-likeness (QED) is 0.248. The number of nitrogens with zero attached hydrogens (tertiary/aromatic N) is 3. The molecule has 1 aliphatic rings. The van der Waals surface area contributed by atoms with Crippen molar-refractivity contribution in [3.05, 3.63) is 113 Å². The number of aromatic nitrogens is 2. The Bertz CT molecular complexity index is 1580. The molecular weight excluding hydrogens is 522 g/mol. The summed E-state index contributed by atoms with van der Waals surface area (Å²) in [6, 6.07) is 22.0. The van der Waals surface area contributed by atoms with Crippen molar-refractivity contribution in [1.29, 1.82) is 0 Å². The summed E-state index contributed by atoms with van der Waals surface area (Å²) < 4.78 is 1.97. The second kappa shape index (κ2) is 11.3. The first-order valence-electron chi connectivity index (χ1n) is 13.1. The number of hydrogen-bond acceptors (Lipinski definition) is 4. The van der Waals surface area contributed by atoms with Crippen LogP contribution in [-0.4, -0.2) is 43.1 Å². The lowest BCUT2D eigenvalue weighted by Gasteiger charge is -2.28. The molecule has 1 saturated heterocycles. The van der Waals surface area contributed by atoms with Crippen molar-refractivity contribution in [3.8, 4) is 5.69 Å². The van der Waals surface area contributed by atoms with Gasteiger partial charge in [0.05, 0.1) is 29.0 Å². The molecule has 5 rings (SSSR count). The van der Waals surface area contributed by atoms with Gasteiger partial charge in [-0.1, -0.05) is 30.3 Å². The number of benzene rings is 2. The monoisotopic (exact) mass is 553 g/mol. The number of anilines is 1. The molecule has 0 radical (unpaired) electrons. The fourth-order valence-electron chi connectivity index (χ4n) is 5.46. The van der Waals surface area contributed by atoms with Gasteiger partial charge in [0.15, 0.2) is 5.11 Å². The first-order valence-corrected chi connectivity index (χ1v) is 13.5. The number of carbonyl (C=O) groups excluding carboxylic acids is 1. The summed E-state index contributed by atoms with van der Waals surface area (Å²) in [6.07, 6.45) is 1.99. The number of carboxylic acid groups (broad SMARTS) is 1. The van der Waals surface area contributed by atoms with Crippen molar-refractivity contribution >= 4 is 34.9 Å². The lowest BCUT2D eigenvalue weighted by Crippen LogP contribution is -2.32. The van der Waals surface area contributed by atoms with Gasteiger partial charge in [0.2, 0.25) is 5.91 Å². The van der Waals surface area contributed by atoms with Crippen molar-refractivity contribution < 1.29 is 14.7 Å². The molecule has 0 bridgehead atoms. The Morgan fingerprint density at radius 2 is 1.80 bits per heavy atom. The van der Waals surface area contributed by atoms with Gasteiger partial charge in [-0.05, 0) is 86.6 Å². The van der Waals surface area contributed by atoms with E-state index in [1.54, 1.807) is 18.3 Å². The molecule has 0 unspecified atom stereocenters. The average molecular weight is 554 g/mol. The van der Waals surface area contributed by atoms with Gasteiger partial charge in [-0.15, -0.1) is 0 Å². The van der Waals surface area contributed by atoms with Crippen LogP contribution in [-0.2, 0) is 4.79 Å². The van der Waals surface area contributed by atoms with Crippen LogP contribution in [0.1, 0.15) is 57.1 Å². The van der Waals surface area contributed by atoms with Crippen LogP contribution >= 0.6 is 12.2 Å². The van der Waals surface area contributed by atoms with Crippen LogP contribution in [0.15, 0.2) is 79.0 Å². The number of carbonyl (C=O) groups is 2. The molecule has 1 amide bonds. The fourth-order valence-corrected chi connectivity index (χ4v) is 5.79. The number of pyridine rings is 1. The highest BCUT2D eigenvalue weighted by molar-refractivity contribution is 7.80. The Balaban J connectivity index is 1.50. The molecule has 3 heterocycles. The van der Waals surface area contributed by atoms with E-state index >= 15 is 0 Å². The highest BCUT2D eigenvalue weighted by atomic mass is 32.1. The van der Waals surface area contributed by atoms with Gasteiger partial charge in [0.1, 0.15) is 0 Å². The van der Waals surface area contributed by atoms with Crippen LogP contribution in [0.25, 0.3) is 5.69 Å². The molecular formula is C31H31N5O3S. The number of aromatic carboxylic acids is 1. The average Bonchev–Trinajstić information content (AvgIpc) is 3.42. The van der Waals surface area contributed by atoms with E-state index in [-0.39, 0.29) is 30.0 Å². The number of rotatable bonds is 8. The number of amides is 1. The van der Waals surface area contributed by atoms with Crippen molar-refractivity contribution in [3.63, 3.8) is 0 Å². The van der Waals surface area contributed by atoms with E-state index in [9.17, 15) is 14.7 Å². The summed E-state index contributed by atoms with van der Waals surface area (Å²) in [6.45, 7) is 6.33. The first-order chi connectivity index (χ1) is 19.2. The Kier molecular flexibility index (Phi) is 7.66. The van der Waals surface area contributed by atoms with Gasteiger partial charge in [-0.2, -0.15) is 0 Å². The third-order valence-corrected chi connectivity index (χ3v) is 7.60. The summed E-state index contributed by atoms with van der Waals surface area (Å²) in [5, 5.41) is 16.8. The highest BCUT2D eigenvalue weighted by Gasteiger charge is 2.41. The van der Waals surface area contributed by atoms with Gasteiger partial charge in [-0.25, -0.2) is 4.79 Å². The van der Waals surface area contributed by atoms with Crippen molar-refractivity contribution in [2.75, 3.05) is 11.9 Å². The summed E-state index contributed by atoms with van der Waals surface area (Å²) >= 11 is 5.80. The molecule has 3 N–H and O–H groups in total. The van der Waals surface area contributed by atoms with E-state index in [0.717, 1.165) is 33.9 Å². The molecule has 40 heavy (non-hydrogen) atoms. The lowest BCUT2D eigenvalue weighted by molar-refractivity contribution is -0.116. The maximum atomic E-state index is 12.9. The van der Waals surface area contributed by atoms with E-state index in [2.05, 4.69) is 21.7 Å². The Morgan fingerprint density at radius 3 is 2.52 bits per heavy atom. The predicted octanol–water partition coefficient (Wildman–Crippen LogP) is 5.50. The zero-order valence-electron chi connectivity index (χ0n) is 22.6. The molecule has 1 aliphatic heterocycles. The van der Waals surface area contributed by atoms with E-state index in [4.69, 9.17) is 12.2 Å². The summed E-state index contributed by atoms with van der Waals surface area (Å²) in [4.78, 5) is 31.6. The van der Waals surface area contributed by atoms with Gasteiger partial charge in [0.25, 0.3) is 0 Å². The SMILES string of the molecule is Cc1cccc(NC(=O)CCN2C(=S)N[C@@H](c3ccccn3)[C@H]2c2cc(C)n(-c3ccccc3C(=O)O)c2C)c1. The maximum Gasteiger partial charge on any atom is 0.337 e. The zero-order valence-corrected chi connectivity index (χ0v) is 23.4. The topological polar surface area (TPSA) is 99.5 Å². The Labute approximate surface area is 238 Å². The van der Waals surface area contributed by atoms with Gasteiger partial charge in [-0.3, -0.25) is 9.78 Å². The van der Waals surface area contributed by atoms with Crippen LogP contribution in [0, 0.1) is 20.8 Å². The van der Waals surface area contributed by atoms with E-state index < -0.39 is 5.97 Å². The van der Waals surface area contributed by atoms with Crippen molar-refractivity contribution in [1.82, 2.24) is 19.8 Å². The Morgan fingerprint density at radius 1 is 1.02 bits per heavy atom. The minimum Gasteiger partial charge on any atom is -0.478 e. The summed E-state index contributed by atoms with van der Waals surface area (Å²) in [7, 11) is 0. The number of thiocarbonyl (C=S) groups is 1. The molecule has 9 heteroatoms. The fraction of sp³-hybridized carbons (Fsp3) is 0.226. The number of aryl methyl sites for hydroxylation is 2. The maximum absolute atomic E-state index is 12.9. The lowest BCUT2D eigenvalue weighted by atomic mass is 9.96.